The maximum Gasteiger partial charge on any atom is 0.287 e. The molecule has 2 amide bonds. The van der Waals surface area contributed by atoms with Crippen molar-refractivity contribution in [3.8, 4) is 0 Å². The number of benzene rings is 1. The van der Waals surface area contributed by atoms with Crippen LogP contribution in [0.2, 0.25) is 0 Å². The first-order valence-corrected chi connectivity index (χ1v) is 9.21. The van der Waals surface area contributed by atoms with Crippen molar-refractivity contribution < 1.29 is 14.0 Å². The average molecular weight is 456 g/mol. The monoisotopic (exact) mass is 454 g/mol. The Kier molecular flexibility index (Phi) is 5.40. The molecule has 2 aromatic rings. The lowest BCUT2D eigenvalue weighted by molar-refractivity contribution is -0.131. The number of amides is 2. The maximum absolute atomic E-state index is 12.5. The largest absolute Gasteiger partial charge is 0.444 e. The van der Waals surface area contributed by atoms with Crippen LogP contribution in [-0.2, 0) is 4.79 Å². The van der Waals surface area contributed by atoms with Gasteiger partial charge in [-0.1, -0.05) is 28.1 Å². The molecule has 0 bridgehead atoms. The standard InChI is InChI=1S/C17H16Br2N2O3/c18-12-5-3-11(4-6-12)13-2-1-9-21(13)16(22)10-20-17(23)14-7-8-15(19)24-14/h3-8,13H,1-2,9-10H2,(H,20,23). The second-order valence-corrected chi connectivity index (χ2v) is 7.28. The van der Waals surface area contributed by atoms with Gasteiger partial charge in [-0.25, -0.2) is 0 Å². The number of furan rings is 1. The van der Waals surface area contributed by atoms with Crippen molar-refractivity contribution in [2.75, 3.05) is 13.1 Å². The lowest BCUT2D eigenvalue weighted by Crippen LogP contribution is -2.39. The number of nitrogens with one attached hydrogen (secondary N) is 1. The van der Waals surface area contributed by atoms with Gasteiger partial charge in [0.1, 0.15) is 0 Å². The summed E-state index contributed by atoms with van der Waals surface area (Å²) in [5.74, 6) is -0.298. The zero-order valence-corrected chi connectivity index (χ0v) is 16.0. The summed E-state index contributed by atoms with van der Waals surface area (Å²) in [5.41, 5.74) is 1.12. The predicted molar refractivity (Wildman–Crippen MR) is 96.6 cm³/mol. The van der Waals surface area contributed by atoms with Gasteiger partial charge in [0.2, 0.25) is 5.91 Å². The number of carbonyl (C=O) groups excluding carboxylic acids is 2. The van der Waals surface area contributed by atoms with Crippen LogP contribution in [0.4, 0.5) is 0 Å². The van der Waals surface area contributed by atoms with E-state index in [1.54, 1.807) is 12.1 Å². The Morgan fingerprint density at radius 3 is 2.58 bits per heavy atom. The Morgan fingerprint density at radius 1 is 1.17 bits per heavy atom. The fourth-order valence-electron chi connectivity index (χ4n) is 2.88. The molecule has 0 aliphatic carbocycles. The van der Waals surface area contributed by atoms with Crippen molar-refractivity contribution in [3.05, 3.63) is 56.9 Å². The van der Waals surface area contributed by atoms with Crippen molar-refractivity contribution in [1.29, 1.82) is 0 Å². The molecule has 3 rings (SSSR count). The highest BCUT2D eigenvalue weighted by Crippen LogP contribution is 2.32. The first-order valence-electron chi connectivity index (χ1n) is 7.63. The van der Waals surface area contributed by atoms with Crippen molar-refractivity contribution in [2.24, 2.45) is 0 Å². The summed E-state index contributed by atoms with van der Waals surface area (Å²) < 4.78 is 6.67. The van der Waals surface area contributed by atoms with Crippen LogP contribution in [0.3, 0.4) is 0 Å². The summed E-state index contributed by atoms with van der Waals surface area (Å²) in [7, 11) is 0. The molecule has 1 N–H and O–H groups in total. The topological polar surface area (TPSA) is 62.6 Å². The van der Waals surface area contributed by atoms with Gasteiger partial charge in [0.25, 0.3) is 5.91 Å². The Bertz CT molecular complexity index is 743. The van der Waals surface area contributed by atoms with Gasteiger partial charge in [-0.15, -0.1) is 0 Å². The molecule has 1 aliphatic heterocycles. The molecule has 1 aromatic heterocycles. The molecule has 1 unspecified atom stereocenters. The smallest absolute Gasteiger partial charge is 0.287 e. The van der Waals surface area contributed by atoms with E-state index in [0.29, 0.717) is 11.2 Å². The number of hydrogen-bond acceptors (Lipinski definition) is 3. The van der Waals surface area contributed by atoms with Crippen LogP contribution in [0.5, 0.6) is 0 Å². The predicted octanol–water partition coefficient (Wildman–Crippen LogP) is 3.90. The van der Waals surface area contributed by atoms with E-state index in [2.05, 4.69) is 37.2 Å². The molecule has 7 heteroatoms. The van der Waals surface area contributed by atoms with Gasteiger partial charge in [0.15, 0.2) is 10.4 Å². The third-order valence-electron chi connectivity index (χ3n) is 4.03. The van der Waals surface area contributed by atoms with Crippen molar-refractivity contribution in [1.82, 2.24) is 10.2 Å². The second-order valence-electron chi connectivity index (χ2n) is 5.58. The molecule has 0 spiro atoms. The Labute approximate surface area is 156 Å². The lowest BCUT2D eigenvalue weighted by Gasteiger charge is -2.25. The minimum atomic E-state index is -0.395. The number of nitrogens with zero attached hydrogens (tertiary/aromatic N) is 1. The number of hydrogen-bond donors (Lipinski definition) is 1. The van der Waals surface area contributed by atoms with E-state index in [9.17, 15) is 9.59 Å². The molecule has 126 valence electrons. The average Bonchev–Trinajstić information content (AvgIpc) is 3.22. The van der Waals surface area contributed by atoms with Crippen LogP contribution in [0.25, 0.3) is 0 Å². The van der Waals surface area contributed by atoms with Crippen molar-refractivity contribution in [3.63, 3.8) is 0 Å². The normalized spacial score (nSPS) is 17.1. The zero-order chi connectivity index (χ0) is 17.1. The summed E-state index contributed by atoms with van der Waals surface area (Å²) in [5, 5.41) is 2.62. The molecule has 24 heavy (non-hydrogen) atoms. The minimum Gasteiger partial charge on any atom is -0.444 e. The van der Waals surface area contributed by atoms with Crippen LogP contribution in [0, 0.1) is 0 Å². The van der Waals surface area contributed by atoms with Gasteiger partial charge < -0.3 is 14.6 Å². The quantitative estimate of drug-likeness (QED) is 0.760. The van der Waals surface area contributed by atoms with Crippen LogP contribution in [0.1, 0.15) is 35.0 Å². The van der Waals surface area contributed by atoms with Gasteiger partial charge in [-0.2, -0.15) is 0 Å². The van der Waals surface area contributed by atoms with E-state index in [1.807, 2.05) is 29.2 Å². The van der Waals surface area contributed by atoms with Gasteiger partial charge >= 0.3 is 0 Å². The van der Waals surface area contributed by atoms with E-state index in [1.165, 1.54) is 0 Å². The van der Waals surface area contributed by atoms with E-state index in [4.69, 9.17) is 4.42 Å². The van der Waals surface area contributed by atoms with Crippen molar-refractivity contribution >= 4 is 43.7 Å². The number of carbonyl (C=O) groups is 2. The minimum absolute atomic E-state index is 0.0375. The summed E-state index contributed by atoms with van der Waals surface area (Å²) in [6.45, 7) is 0.673. The number of likely N-dealkylation sites (tertiary alicyclic amines) is 1. The molecular formula is C17H16Br2N2O3. The first kappa shape index (κ1) is 17.2. The summed E-state index contributed by atoms with van der Waals surface area (Å²) >= 11 is 6.57. The summed E-state index contributed by atoms with van der Waals surface area (Å²) in [6.07, 6.45) is 1.90. The summed E-state index contributed by atoms with van der Waals surface area (Å²) in [6, 6.07) is 11.3. The highest BCUT2D eigenvalue weighted by atomic mass is 79.9. The Hall–Kier alpha value is -1.60. The van der Waals surface area contributed by atoms with Crippen molar-refractivity contribution in [2.45, 2.75) is 18.9 Å². The van der Waals surface area contributed by atoms with Gasteiger partial charge in [0.05, 0.1) is 12.6 Å². The maximum atomic E-state index is 12.5. The fraction of sp³-hybridized carbons (Fsp3) is 0.294. The van der Waals surface area contributed by atoms with Gasteiger partial charge in [0, 0.05) is 11.0 Å². The van der Waals surface area contributed by atoms with E-state index in [0.717, 1.165) is 22.9 Å². The van der Waals surface area contributed by atoms with E-state index >= 15 is 0 Å². The molecule has 1 aliphatic rings. The first-order chi connectivity index (χ1) is 11.5. The van der Waals surface area contributed by atoms with Gasteiger partial charge in [-0.05, 0) is 58.6 Å². The second kappa shape index (κ2) is 7.53. The SMILES string of the molecule is O=C(NCC(=O)N1CCCC1c1ccc(Br)cc1)c1ccc(Br)o1. The molecule has 1 saturated heterocycles. The highest BCUT2D eigenvalue weighted by Gasteiger charge is 2.30. The van der Waals surface area contributed by atoms with Crippen LogP contribution in [-0.4, -0.2) is 29.8 Å². The third kappa shape index (κ3) is 3.89. The van der Waals surface area contributed by atoms with Gasteiger partial charge in [-0.3, -0.25) is 9.59 Å². The zero-order valence-electron chi connectivity index (χ0n) is 12.8. The molecular weight excluding hydrogens is 440 g/mol. The molecule has 0 radical (unpaired) electrons. The molecule has 1 atom stereocenters. The molecule has 1 fully saturated rings. The fourth-order valence-corrected chi connectivity index (χ4v) is 3.45. The molecule has 1 aromatic carbocycles. The van der Waals surface area contributed by atoms with Crippen LogP contribution in [0.15, 0.2) is 50.0 Å². The number of halogens is 2. The molecule has 2 heterocycles. The third-order valence-corrected chi connectivity index (χ3v) is 4.98. The van der Waals surface area contributed by atoms with E-state index < -0.39 is 5.91 Å². The number of rotatable bonds is 4. The lowest BCUT2D eigenvalue weighted by atomic mass is 10.0. The molecule has 0 saturated carbocycles. The molecule has 5 nitrogen and oxygen atoms in total. The Balaban J connectivity index is 1.61. The Morgan fingerprint density at radius 2 is 1.92 bits per heavy atom. The van der Waals surface area contributed by atoms with Crippen LogP contribution >= 0.6 is 31.9 Å². The van der Waals surface area contributed by atoms with Crippen LogP contribution < -0.4 is 5.32 Å². The summed E-state index contributed by atoms with van der Waals surface area (Å²) in [4.78, 5) is 26.3. The van der Waals surface area contributed by atoms with E-state index in [-0.39, 0.29) is 24.3 Å². The highest BCUT2D eigenvalue weighted by molar-refractivity contribution is 9.10.